The van der Waals surface area contributed by atoms with Crippen molar-refractivity contribution in [3.8, 4) is 0 Å². The molecule has 2 aromatic rings. The number of nitrogens with zero attached hydrogens (tertiary/aromatic N) is 2. The molecule has 2 rings (SSSR count). The summed E-state index contributed by atoms with van der Waals surface area (Å²) in [7, 11) is 0. The molecular weight excluding hydrogens is 250 g/mol. The zero-order valence-electron chi connectivity index (χ0n) is 7.26. The molecule has 0 bridgehead atoms. The zero-order chi connectivity index (χ0) is 9.59. The lowest BCUT2D eigenvalue weighted by Crippen LogP contribution is -1.94. The third-order valence-corrected chi connectivity index (χ3v) is 3.16. The molecule has 0 aromatic carbocycles. The van der Waals surface area contributed by atoms with E-state index in [1.54, 1.807) is 4.52 Å². The Bertz CT molecular complexity index is 526. The molecule has 0 atom stereocenters. The number of halogens is 1. The second-order valence-electron chi connectivity index (χ2n) is 2.95. The molecule has 0 aliphatic heterocycles. The van der Waals surface area contributed by atoms with Gasteiger partial charge in [0, 0.05) is 11.4 Å². The molecule has 0 spiro atoms. The molecule has 2 heterocycles. The Morgan fingerprint density at radius 1 is 1.54 bits per heavy atom. The Hall–Kier alpha value is -0.680. The van der Waals surface area contributed by atoms with Crippen molar-refractivity contribution in [3.63, 3.8) is 0 Å². The smallest absolute Gasteiger partial charge is 0.219 e. The quantitative estimate of drug-likeness (QED) is 0.737. The summed E-state index contributed by atoms with van der Waals surface area (Å²) < 4.78 is 3.40. The van der Waals surface area contributed by atoms with Crippen LogP contribution in [-0.2, 0) is 0 Å². The van der Waals surface area contributed by atoms with Crippen LogP contribution in [0.3, 0.4) is 0 Å². The predicted molar refractivity (Wildman–Crippen MR) is 57.6 cm³/mol. The number of hydrogen-bond acceptors (Lipinski definition) is 2. The second kappa shape index (κ2) is 2.92. The first kappa shape index (κ1) is 8.90. The van der Waals surface area contributed by atoms with E-state index in [1.807, 2.05) is 19.9 Å². The summed E-state index contributed by atoms with van der Waals surface area (Å²) in [5, 5.41) is 3.13. The van der Waals surface area contributed by atoms with E-state index in [4.69, 9.17) is 12.2 Å². The first-order chi connectivity index (χ1) is 6.09. The molecule has 0 fully saturated rings. The van der Waals surface area contributed by atoms with Crippen molar-refractivity contribution in [1.29, 1.82) is 0 Å². The lowest BCUT2D eigenvalue weighted by molar-refractivity contribution is 0.873. The molecule has 0 radical (unpaired) electrons. The number of rotatable bonds is 0. The van der Waals surface area contributed by atoms with Crippen molar-refractivity contribution in [3.05, 3.63) is 26.7 Å². The lowest BCUT2D eigenvalue weighted by Gasteiger charge is -1.95. The van der Waals surface area contributed by atoms with Crippen molar-refractivity contribution in [1.82, 2.24) is 14.6 Å². The number of hydrogen-bond donors (Lipinski definition) is 1. The van der Waals surface area contributed by atoms with E-state index >= 15 is 0 Å². The van der Waals surface area contributed by atoms with E-state index in [9.17, 15) is 0 Å². The topological polar surface area (TPSA) is 33.1 Å². The van der Waals surface area contributed by atoms with Gasteiger partial charge in [-0.05, 0) is 48.1 Å². The summed E-state index contributed by atoms with van der Waals surface area (Å²) in [6, 6.07) is 1.99. The summed E-state index contributed by atoms with van der Waals surface area (Å²) in [5.74, 6) is 0. The lowest BCUT2D eigenvalue weighted by atomic mass is 10.3. The van der Waals surface area contributed by atoms with Gasteiger partial charge in [0.2, 0.25) is 4.77 Å². The van der Waals surface area contributed by atoms with E-state index in [0.29, 0.717) is 4.77 Å². The van der Waals surface area contributed by atoms with Crippen molar-refractivity contribution >= 4 is 33.7 Å². The van der Waals surface area contributed by atoms with Gasteiger partial charge >= 0.3 is 0 Å². The minimum atomic E-state index is 0.559. The molecule has 68 valence electrons. The van der Waals surface area contributed by atoms with Gasteiger partial charge in [0.25, 0.3) is 0 Å². The first-order valence-electron chi connectivity index (χ1n) is 3.84. The summed E-state index contributed by atoms with van der Waals surface area (Å²) in [4.78, 5) is 4.18. The molecule has 2 aromatic heterocycles. The van der Waals surface area contributed by atoms with Gasteiger partial charge in [-0.25, -0.2) is 9.50 Å². The van der Waals surface area contributed by atoms with Crippen LogP contribution in [0.15, 0.2) is 10.5 Å². The highest BCUT2D eigenvalue weighted by molar-refractivity contribution is 9.10. The third kappa shape index (κ3) is 1.32. The molecule has 0 unspecified atom stereocenters. The fourth-order valence-electron chi connectivity index (χ4n) is 1.28. The fraction of sp³-hybridized carbons (Fsp3) is 0.250. The van der Waals surface area contributed by atoms with E-state index < -0.39 is 0 Å². The highest BCUT2D eigenvalue weighted by Gasteiger charge is 2.05. The van der Waals surface area contributed by atoms with Gasteiger partial charge in [-0.3, -0.25) is 5.10 Å². The molecule has 0 amide bonds. The molecule has 13 heavy (non-hydrogen) atoms. The van der Waals surface area contributed by atoms with Crippen LogP contribution in [0.25, 0.3) is 5.52 Å². The summed E-state index contributed by atoms with van der Waals surface area (Å²) in [5.41, 5.74) is 3.03. The van der Waals surface area contributed by atoms with Crippen LogP contribution in [0.1, 0.15) is 11.4 Å². The number of aromatic amines is 1. The maximum atomic E-state index is 5.11. The molecular formula is C8H8BrN3S. The molecule has 1 N–H and O–H groups in total. The van der Waals surface area contributed by atoms with E-state index in [-0.39, 0.29) is 0 Å². The number of aryl methyl sites for hydroxylation is 2. The van der Waals surface area contributed by atoms with Crippen LogP contribution in [0.5, 0.6) is 0 Å². The molecule has 0 aliphatic carbocycles. The van der Waals surface area contributed by atoms with E-state index in [1.165, 1.54) is 0 Å². The van der Waals surface area contributed by atoms with Crippen LogP contribution < -0.4 is 0 Å². The summed E-state index contributed by atoms with van der Waals surface area (Å²) in [6.45, 7) is 3.92. The number of H-pyrrole nitrogens is 1. The number of aromatic nitrogens is 3. The van der Waals surface area contributed by atoms with Crippen LogP contribution in [0, 0.1) is 18.6 Å². The predicted octanol–water partition coefficient (Wildman–Crippen LogP) is 2.77. The van der Waals surface area contributed by atoms with Gasteiger partial charge < -0.3 is 0 Å². The standard InChI is InChI=1S/C8H8BrN3S/c1-4-3-6-7(9)5(2)11-12(6)8(13)10-4/h3,11H,1-2H3. The van der Waals surface area contributed by atoms with Crippen molar-refractivity contribution in [2.45, 2.75) is 13.8 Å². The van der Waals surface area contributed by atoms with Crippen LogP contribution in [0.4, 0.5) is 0 Å². The van der Waals surface area contributed by atoms with Crippen LogP contribution >= 0.6 is 28.1 Å². The monoisotopic (exact) mass is 257 g/mol. The van der Waals surface area contributed by atoms with Crippen molar-refractivity contribution in [2.75, 3.05) is 0 Å². The van der Waals surface area contributed by atoms with Crippen LogP contribution in [0.2, 0.25) is 0 Å². The summed E-state index contributed by atoms with van der Waals surface area (Å²) >= 11 is 8.61. The fourth-order valence-corrected chi connectivity index (χ4v) is 1.95. The minimum Gasteiger partial charge on any atom is -0.295 e. The molecule has 5 heteroatoms. The van der Waals surface area contributed by atoms with Gasteiger partial charge in [-0.15, -0.1) is 0 Å². The maximum Gasteiger partial charge on any atom is 0.219 e. The Balaban J connectivity index is 3.03. The third-order valence-electron chi connectivity index (χ3n) is 1.88. The highest BCUT2D eigenvalue weighted by Crippen LogP contribution is 2.21. The van der Waals surface area contributed by atoms with Crippen molar-refractivity contribution in [2.24, 2.45) is 0 Å². The van der Waals surface area contributed by atoms with Gasteiger partial charge in [0.05, 0.1) is 9.99 Å². The Kier molecular flexibility index (Phi) is 2.00. The number of fused-ring (bicyclic) bond motifs is 1. The first-order valence-corrected chi connectivity index (χ1v) is 5.04. The van der Waals surface area contributed by atoms with E-state index in [0.717, 1.165) is 21.4 Å². The Labute approximate surface area is 88.9 Å². The van der Waals surface area contributed by atoms with Crippen molar-refractivity contribution < 1.29 is 0 Å². The molecule has 3 nitrogen and oxygen atoms in total. The average molecular weight is 258 g/mol. The SMILES string of the molecule is Cc1cc2c(Br)c(C)[nH]n2c(=S)n1. The maximum absolute atomic E-state index is 5.11. The normalized spacial score (nSPS) is 11.0. The van der Waals surface area contributed by atoms with Gasteiger partial charge in [0.15, 0.2) is 0 Å². The van der Waals surface area contributed by atoms with E-state index in [2.05, 4.69) is 26.0 Å². The molecule has 0 saturated carbocycles. The average Bonchev–Trinajstić information content (AvgIpc) is 2.32. The Morgan fingerprint density at radius 3 is 2.92 bits per heavy atom. The zero-order valence-corrected chi connectivity index (χ0v) is 9.66. The van der Waals surface area contributed by atoms with Gasteiger partial charge in [0.1, 0.15) is 0 Å². The minimum absolute atomic E-state index is 0.559. The number of nitrogens with one attached hydrogen (secondary N) is 1. The second-order valence-corrected chi connectivity index (χ2v) is 4.11. The van der Waals surface area contributed by atoms with Gasteiger partial charge in [-0.1, -0.05) is 0 Å². The van der Waals surface area contributed by atoms with Crippen LogP contribution in [-0.4, -0.2) is 14.6 Å². The molecule has 0 saturated heterocycles. The summed E-state index contributed by atoms with van der Waals surface area (Å²) in [6.07, 6.45) is 0. The molecule has 0 aliphatic rings. The highest BCUT2D eigenvalue weighted by atomic mass is 79.9. The Morgan fingerprint density at radius 2 is 2.23 bits per heavy atom. The largest absolute Gasteiger partial charge is 0.295 e. The van der Waals surface area contributed by atoms with Gasteiger partial charge in [-0.2, -0.15) is 0 Å².